The van der Waals surface area contributed by atoms with Gasteiger partial charge in [-0.3, -0.25) is 9.59 Å². The first kappa shape index (κ1) is 20.5. The van der Waals surface area contributed by atoms with Gasteiger partial charge in [0.05, 0.1) is 10.8 Å². The van der Waals surface area contributed by atoms with Gasteiger partial charge in [-0.25, -0.2) is 0 Å². The molecule has 0 saturated heterocycles. The van der Waals surface area contributed by atoms with Gasteiger partial charge in [0.1, 0.15) is 13.2 Å². The Kier molecular flexibility index (Phi) is 12.9. The van der Waals surface area contributed by atoms with Crippen LogP contribution in [-0.4, -0.2) is 35.9 Å². The number of hydrogen-bond donors (Lipinski definition) is 0. The molecule has 0 aliphatic heterocycles. The third-order valence-electron chi connectivity index (χ3n) is 3.00. The van der Waals surface area contributed by atoms with Crippen LogP contribution in [0.2, 0.25) is 0 Å². The van der Waals surface area contributed by atoms with E-state index in [9.17, 15) is 9.59 Å². The third kappa shape index (κ3) is 12.9. The van der Waals surface area contributed by atoms with Crippen LogP contribution in [0.3, 0.4) is 0 Å². The second-order valence-electron chi connectivity index (χ2n) is 4.94. The van der Waals surface area contributed by atoms with Crippen LogP contribution < -0.4 is 0 Å². The van der Waals surface area contributed by atoms with Gasteiger partial charge in [0.15, 0.2) is 0 Å². The number of halogens is 2. The molecule has 2 atom stereocenters. The molecule has 2 unspecified atom stereocenters. The first-order chi connectivity index (χ1) is 9.99. The largest absolute Gasteiger partial charge is 0.464 e. The highest BCUT2D eigenvalue weighted by Gasteiger charge is 2.09. The fourth-order valence-corrected chi connectivity index (χ4v) is 1.59. The Balaban J connectivity index is 3.46. The van der Waals surface area contributed by atoms with Crippen LogP contribution in [0.4, 0.5) is 0 Å². The van der Waals surface area contributed by atoms with Crippen molar-refractivity contribution in [2.45, 2.75) is 69.5 Å². The average molecular weight is 341 g/mol. The molecule has 4 nitrogen and oxygen atoms in total. The summed E-state index contributed by atoms with van der Waals surface area (Å²) in [5, 5.41) is -0.227. The Labute approximate surface area is 137 Å². The molecule has 0 rings (SSSR count). The van der Waals surface area contributed by atoms with Gasteiger partial charge in [-0.15, -0.1) is 23.2 Å². The SMILES string of the molecule is CCC(Cl)COC(=O)CCCCCC(=O)OCC(Cl)CC. The van der Waals surface area contributed by atoms with Crippen molar-refractivity contribution in [3.8, 4) is 0 Å². The fourth-order valence-electron chi connectivity index (χ4n) is 1.46. The predicted octanol–water partition coefficient (Wildman–Crippen LogP) is 4.06. The van der Waals surface area contributed by atoms with Crippen molar-refractivity contribution in [1.29, 1.82) is 0 Å². The zero-order valence-electron chi connectivity index (χ0n) is 12.9. The number of carbonyl (C=O) groups excluding carboxylic acids is 2. The van der Waals surface area contributed by atoms with Gasteiger partial charge in [-0.2, -0.15) is 0 Å². The van der Waals surface area contributed by atoms with Crippen molar-refractivity contribution in [1.82, 2.24) is 0 Å². The monoisotopic (exact) mass is 340 g/mol. The van der Waals surface area contributed by atoms with Crippen LogP contribution in [0.25, 0.3) is 0 Å². The molecule has 6 heteroatoms. The maximum atomic E-state index is 11.4. The lowest BCUT2D eigenvalue weighted by Crippen LogP contribution is -2.14. The van der Waals surface area contributed by atoms with E-state index in [1.165, 1.54) is 0 Å². The summed E-state index contributed by atoms with van der Waals surface area (Å²) < 4.78 is 10.0. The highest BCUT2D eigenvalue weighted by molar-refractivity contribution is 6.21. The van der Waals surface area contributed by atoms with E-state index in [0.29, 0.717) is 25.7 Å². The van der Waals surface area contributed by atoms with Crippen molar-refractivity contribution < 1.29 is 19.1 Å². The molecule has 0 aromatic carbocycles. The van der Waals surface area contributed by atoms with Crippen LogP contribution in [0.5, 0.6) is 0 Å². The number of rotatable bonds is 12. The number of ether oxygens (including phenoxy) is 2. The Morgan fingerprint density at radius 2 is 1.19 bits per heavy atom. The summed E-state index contributed by atoms with van der Waals surface area (Å²) in [6.07, 6.45) is 4.48. The van der Waals surface area contributed by atoms with Gasteiger partial charge in [0.2, 0.25) is 0 Å². The zero-order valence-corrected chi connectivity index (χ0v) is 14.4. The molecule has 0 radical (unpaired) electrons. The lowest BCUT2D eigenvalue weighted by molar-refractivity contribution is -0.144. The molecule has 0 fully saturated rings. The molecule has 0 heterocycles. The van der Waals surface area contributed by atoms with E-state index >= 15 is 0 Å². The van der Waals surface area contributed by atoms with Crippen molar-refractivity contribution in [2.75, 3.05) is 13.2 Å². The van der Waals surface area contributed by atoms with E-state index in [-0.39, 0.29) is 35.9 Å². The summed E-state index contributed by atoms with van der Waals surface area (Å²) in [5.41, 5.74) is 0. The molecule has 0 aliphatic carbocycles. The van der Waals surface area contributed by atoms with Crippen LogP contribution >= 0.6 is 23.2 Å². The molecule has 0 bridgehead atoms. The summed E-state index contributed by atoms with van der Waals surface area (Å²) in [5.74, 6) is -0.464. The van der Waals surface area contributed by atoms with Crippen LogP contribution in [-0.2, 0) is 19.1 Å². The maximum absolute atomic E-state index is 11.4. The molecule has 0 aromatic rings. The number of carbonyl (C=O) groups is 2. The third-order valence-corrected chi connectivity index (χ3v) is 3.87. The van der Waals surface area contributed by atoms with Crippen molar-refractivity contribution >= 4 is 35.1 Å². The van der Waals surface area contributed by atoms with Crippen LogP contribution in [0, 0.1) is 0 Å². The van der Waals surface area contributed by atoms with Crippen molar-refractivity contribution in [3.05, 3.63) is 0 Å². The van der Waals surface area contributed by atoms with Gasteiger partial charge in [-0.05, 0) is 25.7 Å². The fraction of sp³-hybridized carbons (Fsp3) is 0.867. The first-order valence-electron chi connectivity index (χ1n) is 7.58. The summed E-state index contributed by atoms with van der Waals surface area (Å²) in [6, 6.07) is 0. The number of alkyl halides is 2. The molecule has 124 valence electrons. The Morgan fingerprint density at radius 3 is 1.52 bits per heavy atom. The minimum Gasteiger partial charge on any atom is -0.464 e. The first-order valence-corrected chi connectivity index (χ1v) is 8.46. The van der Waals surface area contributed by atoms with Gasteiger partial charge >= 0.3 is 11.9 Å². The highest BCUT2D eigenvalue weighted by atomic mass is 35.5. The number of hydrogen-bond acceptors (Lipinski definition) is 4. The maximum Gasteiger partial charge on any atom is 0.305 e. The summed E-state index contributed by atoms with van der Waals surface area (Å²) in [4.78, 5) is 22.8. The van der Waals surface area contributed by atoms with Gasteiger partial charge < -0.3 is 9.47 Å². The molecular weight excluding hydrogens is 315 g/mol. The lowest BCUT2D eigenvalue weighted by atomic mass is 10.1. The van der Waals surface area contributed by atoms with E-state index < -0.39 is 0 Å². The predicted molar refractivity (Wildman–Crippen MR) is 84.9 cm³/mol. The highest BCUT2D eigenvalue weighted by Crippen LogP contribution is 2.08. The summed E-state index contributed by atoms with van der Waals surface area (Å²) in [7, 11) is 0. The molecule has 0 spiro atoms. The van der Waals surface area contributed by atoms with Gasteiger partial charge in [-0.1, -0.05) is 20.3 Å². The van der Waals surface area contributed by atoms with E-state index in [1.54, 1.807) is 0 Å². The molecule has 0 aliphatic rings. The summed E-state index contributed by atoms with van der Waals surface area (Å²) in [6.45, 7) is 4.41. The lowest BCUT2D eigenvalue weighted by Gasteiger charge is -2.08. The van der Waals surface area contributed by atoms with Crippen LogP contribution in [0.15, 0.2) is 0 Å². The molecule has 0 saturated carbocycles. The minimum atomic E-state index is -0.232. The second kappa shape index (κ2) is 13.2. The molecule has 0 aromatic heterocycles. The smallest absolute Gasteiger partial charge is 0.305 e. The molecule has 0 amide bonds. The molecule has 0 N–H and O–H groups in total. The normalized spacial score (nSPS) is 13.5. The van der Waals surface area contributed by atoms with Crippen LogP contribution in [0.1, 0.15) is 58.8 Å². The van der Waals surface area contributed by atoms with E-state index in [0.717, 1.165) is 19.3 Å². The zero-order chi connectivity index (χ0) is 16.1. The van der Waals surface area contributed by atoms with Gasteiger partial charge in [0.25, 0.3) is 0 Å². The van der Waals surface area contributed by atoms with E-state index in [2.05, 4.69) is 0 Å². The van der Waals surface area contributed by atoms with Crippen molar-refractivity contribution in [3.63, 3.8) is 0 Å². The summed E-state index contributed by atoms with van der Waals surface area (Å²) >= 11 is 11.7. The number of esters is 2. The average Bonchev–Trinajstić information content (AvgIpc) is 2.49. The number of unbranched alkanes of at least 4 members (excludes halogenated alkanes) is 2. The Hall–Kier alpha value is -0.480. The van der Waals surface area contributed by atoms with Gasteiger partial charge in [0, 0.05) is 12.8 Å². The quantitative estimate of drug-likeness (QED) is 0.305. The Bertz CT molecular complexity index is 269. The topological polar surface area (TPSA) is 52.6 Å². The molecular formula is C15H26Cl2O4. The van der Waals surface area contributed by atoms with E-state index in [4.69, 9.17) is 32.7 Å². The van der Waals surface area contributed by atoms with Crippen molar-refractivity contribution in [2.24, 2.45) is 0 Å². The standard InChI is InChI=1S/C15H26Cl2O4/c1-3-12(16)10-20-14(18)8-6-5-7-9-15(19)21-11-13(17)4-2/h12-13H,3-11H2,1-2H3. The van der Waals surface area contributed by atoms with E-state index in [1.807, 2.05) is 13.8 Å². The molecule has 21 heavy (non-hydrogen) atoms. The second-order valence-corrected chi connectivity index (χ2v) is 6.17. The minimum absolute atomic E-state index is 0.113. The Morgan fingerprint density at radius 1 is 0.810 bits per heavy atom.